The minimum absolute atomic E-state index is 0.223. The second-order valence-corrected chi connectivity index (χ2v) is 6.45. The van der Waals surface area contributed by atoms with E-state index in [4.69, 9.17) is 21.7 Å². The summed E-state index contributed by atoms with van der Waals surface area (Å²) in [5.74, 6) is -1.01. The van der Waals surface area contributed by atoms with E-state index in [-0.39, 0.29) is 23.9 Å². The fourth-order valence-corrected chi connectivity index (χ4v) is 3.52. The van der Waals surface area contributed by atoms with E-state index < -0.39 is 11.9 Å². The normalized spacial score (nSPS) is 10.1. The zero-order chi connectivity index (χ0) is 19.1. The Balaban J connectivity index is 2.30. The summed E-state index contributed by atoms with van der Waals surface area (Å²) in [6, 6.07) is 3.57. The maximum absolute atomic E-state index is 12.3. The Morgan fingerprint density at radius 2 is 1.88 bits per heavy atom. The third-order valence-electron chi connectivity index (χ3n) is 3.23. The molecular weight excluding hydrogens is 374 g/mol. The van der Waals surface area contributed by atoms with E-state index in [0.29, 0.717) is 21.1 Å². The third kappa shape index (κ3) is 4.77. The largest absolute Gasteiger partial charge is 0.462 e. The average molecular weight is 393 g/mol. The van der Waals surface area contributed by atoms with Gasteiger partial charge in [0.15, 0.2) is 5.11 Å². The second kappa shape index (κ2) is 9.25. The van der Waals surface area contributed by atoms with Crippen LogP contribution >= 0.6 is 23.6 Å². The van der Waals surface area contributed by atoms with Crippen molar-refractivity contribution in [3.63, 3.8) is 0 Å². The lowest BCUT2D eigenvalue weighted by atomic mass is 10.1. The molecule has 0 bridgehead atoms. The van der Waals surface area contributed by atoms with Gasteiger partial charge in [-0.3, -0.25) is 4.98 Å². The van der Waals surface area contributed by atoms with Crippen LogP contribution in [0.15, 0.2) is 24.5 Å². The van der Waals surface area contributed by atoms with Crippen molar-refractivity contribution in [2.45, 2.75) is 20.8 Å². The molecule has 0 aliphatic carbocycles. The Hall–Kier alpha value is -2.52. The number of nitrogens with zero attached hydrogens (tertiary/aromatic N) is 1. The highest BCUT2D eigenvalue weighted by molar-refractivity contribution is 7.80. The molecule has 0 radical (unpaired) electrons. The Kier molecular flexibility index (Phi) is 7.05. The molecule has 0 unspecified atom stereocenters. The first-order chi connectivity index (χ1) is 12.5. The molecule has 2 heterocycles. The molecule has 0 saturated heterocycles. The van der Waals surface area contributed by atoms with Gasteiger partial charge in [0.2, 0.25) is 0 Å². The van der Waals surface area contributed by atoms with Crippen LogP contribution in [0, 0.1) is 6.92 Å². The molecule has 0 aliphatic rings. The molecule has 26 heavy (non-hydrogen) atoms. The Bertz CT molecular complexity index is 806. The summed E-state index contributed by atoms with van der Waals surface area (Å²) in [7, 11) is 0. The van der Waals surface area contributed by atoms with E-state index in [1.807, 2.05) is 0 Å². The SMILES string of the molecule is CCOC(=O)c1sc(NC(=S)Nc2cccnc2)c(C(=O)OCC)c1C. The number of esters is 2. The molecule has 0 saturated carbocycles. The third-order valence-corrected chi connectivity index (χ3v) is 4.63. The predicted molar refractivity (Wildman–Crippen MR) is 105 cm³/mol. The van der Waals surface area contributed by atoms with Crippen LogP contribution in [0.5, 0.6) is 0 Å². The number of carbonyl (C=O) groups excluding carboxylic acids is 2. The summed E-state index contributed by atoms with van der Waals surface area (Å²) in [6.45, 7) is 5.58. The van der Waals surface area contributed by atoms with E-state index in [9.17, 15) is 9.59 Å². The minimum atomic E-state index is -0.525. The summed E-state index contributed by atoms with van der Waals surface area (Å²) in [5.41, 5.74) is 1.47. The molecule has 0 atom stereocenters. The van der Waals surface area contributed by atoms with Gasteiger partial charge in [0, 0.05) is 6.20 Å². The Morgan fingerprint density at radius 3 is 2.50 bits per heavy atom. The lowest BCUT2D eigenvalue weighted by Gasteiger charge is -2.10. The summed E-state index contributed by atoms with van der Waals surface area (Å²) in [5, 5.41) is 6.61. The average Bonchev–Trinajstić information content (AvgIpc) is 2.92. The summed E-state index contributed by atoms with van der Waals surface area (Å²) >= 11 is 6.38. The van der Waals surface area contributed by atoms with Crippen LogP contribution in [0.1, 0.15) is 39.4 Å². The predicted octanol–water partition coefficient (Wildman–Crippen LogP) is 3.61. The molecular formula is C17H19N3O4S2. The van der Waals surface area contributed by atoms with Crippen molar-refractivity contribution in [3.05, 3.63) is 40.5 Å². The molecule has 0 aromatic carbocycles. The van der Waals surface area contributed by atoms with E-state index in [1.54, 1.807) is 45.3 Å². The highest BCUT2D eigenvalue weighted by atomic mass is 32.1. The molecule has 2 rings (SSSR count). The van der Waals surface area contributed by atoms with Gasteiger partial charge >= 0.3 is 11.9 Å². The summed E-state index contributed by atoms with van der Waals surface area (Å²) < 4.78 is 10.2. The van der Waals surface area contributed by atoms with Crippen molar-refractivity contribution >= 4 is 51.3 Å². The molecule has 2 N–H and O–H groups in total. The van der Waals surface area contributed by atoms with Crippen LogP contribution in [0.3, 0.4) is 0 Å². The zero-order valence-corrected chi connectivity index (χ0v) is 16.3. The van der Waals surface area contributed by atoms with Gasteiger partial charge in [0.1, 0.15) is 9.88 Å². The van der Waals surface area contributed by atoms with Gasteiger partial charge < -0.3 is 20.1 Å². The maximum atomic E-state index is 12.3. The number of ether oxygens (including phenoxy) is 2. The summed E-state index contributed by atoms with van der Waals surface area (Å²) in [6.07, 6.45) is 3.26. The lowest BCUT2D eigenvalue weighted by Crippen LogP contribution is -2.20. The van der Waals surface area contributed by atoms with Crippen molar-refractivity contribution in [3.8, 4) is 0 Å². The van der Waals surface area contributed by atoms with E-state index in [1.165, 1.54) is 0 Å². The topological polar surface area (TPSA) is 89.5 Å². The van der Waals surface area contributed by atoms with E-state index in [2.05, 4.69) is 15.6 Å². The monoisotopic (exact) mass is 393 g/mol. The molecule has 0 aliphatic heterocycles. The molecule has 0 fully saturated rings. The van der Waals surface area contributed by atoms with Gasteiger partial charge in [-0.25, -0.2) is 9.59 Å². The minimum Gasteiger partial charge on any atom is -0.462 e. The van der Waals surface area contributed by atoms with Gasteiger partial charge in [0.05, 0.1) is 30.7 Å². The van der Waals surface area contributed by atoms with Crippen molar-refractivity contribution in [1.82, 2.24) is 4.98 Å². The first-order valence-corrected chi connectivity index (χ1v) is 9.16. The van der Waals surface area contributed by atoms with Crippen molar-refractivity contribution in [2.24, 2.45) is 0 Å². The quantitative estimate of drug-likeness (QED) is 0.568. The number of thiocarbonyl (C=S) groups is 1. The van der Waals surface area contributed by atoms with Crippen LogP contribution in [0.2, 0.25) is 0 Å². The first-order valence-electron chi connectivity index (χ1n) is 7.93. The Labute approximate surface area is 160 Å². The highest BCUT2D eigenvalue weighted by Gasteiger charge is 2.26. The number of nitrogens with one attached hydrogen (secondary N) is 2. The smallest absolute Gasteiger partial charge is 0.348 e. The van der Waals surface area contributed by atoms with Gasteiger partial charge in [0.25, 0.3) is 0 Å². The van der Waals surface area contributed by atoms with Crippen molar-refractivity contribution in [2.75, 3.05) is 23.8 Å². The number of hydrogen-bond acceptors (Lipinski definition) is 7. The standard InChI is InChI=1S/C17H19N3O4S2/c1-4-23-15(21)12-10(3)13(16(22)24-5-2)26-14(12)20-17(25)19-11-7-6-8-18-9-11/h6-9H,4-5H2,1-3H3,(H2,19,20,25). The lowest BCUT2D eigenvalue weighted by molar-refractivity contribution is 0.0527. The molecule has 9 heteroatoms. The number of hydrogen-bond donors (Lipinski definition) is 2. The number of pyridine rings is 1. The molecule has 0 spiro atoms. The van der Waals surface area contributed by atoms with Crippen LogP contribution in [0.25, 0.3) is 0 Å². The van der Waals surface area contributed by atoms with Crippen molar-refractivity contribution in [1.29, 1.82) is 0 Å². The Morgan fingerprint density at radius 1 is 1.19 bits per heavy atom. The van der Waals surface area contributed by atoms with Crippen LogP contribution in [0.4, 0.5) is 10.7 Å². The van der Waals surface area contributed by atoms with Gasteiger partial charge in [-0.2, -0.15) is 0 Å². The molecule has 2 aromatic rings. The number of thiophene rings is 1. The molecule has 7 nitrogen and oxygen atoms in total. The first kappa shape index (κ1) is 19.8. The zero-order valence-electron chi connectivity index (χ0n) is 14.6. The fourth-order valence-electron chi connectivity index (χ4n) is 2.14. The van der Waals surface area contributed by atoms with Gasteiger partial charge in [-0.1, -0.05) is 0 Å². The number of anilines is 2. The second-order valence-electron chi connectivity index (χ2n) is 5.02. The van der Waals surface area contributed by atoms with Crippen molar-refractivity contribution < 1.29 is 19.1 Å². The number of rotatable bonds is 6. The number of carbonyl (C=O) groups is 2. The summed E-state index contributed by atoms with van der Waals surface area (Å²) in [4.78, 5) is 28.8. The molecule has 0 amide bonds. The molecule has 138 valence electrons. The van der Waals surface area contributed by atoms with Gasteiger partial charge in [-0.05, 0) is 50.7 Å². The number of aromatic nitrogens is 1. The van der Waals surface area contributed by atoms with Crippen LogP contribution in [-0.4, -0.2) is 35.2 Å². The van der Waals surface area contributed by atoms with Gasteiger partial charge in [-0.15, -0.1) is 11.3 Å². The van der Waals surface area contributed by atoms with E-state index in [0.717, 1.165) is 11.3 Å². The molecule has 2 aromatic heterocycles. The maximum Gasteiger partial charge on any atom is 0.348 e. The van der Waals surface area contributed by atoms with Crippen LogP contribution < -0.4 is 10.6 Å². The van der Waals surface area contributed by atoms with E-state index >= 15 is 0 Å². The fraction of sp³-hybridized carbons (Fsp3) is 0.294. The van der Waals surface area contributed by atoms with Crippen LogP contribution in [-0.2, 0) is 9.47 Å². The highest BCUT2D eigenvalue weighted by Crippen LogP contribution is 2.34.